The van der Waals surface area contributed by atoms with E-state index in [9.17, 15) is 4.79 Å². The van der Waals surface area contributed by atoms with E-state index in [1.807, 2.05) is 46.8 Å². The van der Waals surface area contributed by atoms with E-state index in [4.69, 9.17) is 4.52 Å². The van der Waals surface area contributed by atoms with E-state index in [1.54, 1.807) is 6.33 Å². The Morgan fingerprint density at radius 2 is 1.76 bits per heavy atom. The van der Waals surface area contributed by atoms with Crippen molar-refractivity contribution in [2.45, 2.75) is 46.1 Å². The second kappa shape index (κ2) is 11.0. The first-order chi connectivity index (χ1) is 20.2. The number of rotatable bonds is 6. The van der Waals surface area contributed by atoms with Gasteiger partial charge in [0.1, 0.15) is 12.0 Å². The Balaban J connectivity index is 1.21. The zero-order chi connectivity index (χ0) is 29.4. The van der Waals surface area contributed by atoms with Crippen LogP contribution in [0.2, 0.25) is 0 Å². The molecule has 0 radical (unpaired) electrons. The van der Waals surface area contributed by atoms with Gasteiger partial charge >= 0.3 is 11.8 Å². The molecule has 1 aliphatic heterocycles. The molecule has 1 fully saturated rings. The molecule has 3 aromatic heterocycles. The van der Waals surface area contributed by atoms with Gasteiger partial charge in [0.2, 0.25) is 0 Å². The quantitative estimate of drug-likeness (QED) is 0.258. The number of amides is 1. The highest BCUT2D eigenvalue weighted by Gasteiger charge is 2.25. The summed E-state index contributed by atoms with van der Waals surface area (Å²) >= 11 is 0. The van der Waals surface area contributed by atoms with Crippen LogP contribution in [-0.2, 0) is 5.41 Å². The first-order valence-corrected chi connectivity index (χ1v) is 14.3. The highest BCUT2D eigenvalue weighted by atomic mass is 16.5. The Bertz CT molecular complexity index is 1730. The van der Waals surface area contributed by atoms with Gasteiger partial charge in [0, 0.05) is 53.9 Å². The van der Waals surface area contributed by atoms with Crippen LogP contribution in [0.15, 0.2) is 59.4 Å². The second-order valence-electron chi connectivity index (χ2n) is 11.9. The molecule has 10 nitrogen and oxygen atoms in total. The van der Waals surface area contributed by atoms with Crippen molar-refractivity contribution >= 4 is 22.6 Å². The minimum absolute atomic E-state index is 0.0360. The molecule has 1 aliphatic rings. The maximum atomic E-state index is 12.8. The molecule has 6 rings (SSSR count). The summed E-state index contributed by atoms with van der Waals surface area (Å²) < 4.78 is 5.21. The molecule has 10 heteroatoms. The van der Waals surface area contributed by atoms with E-state index in [1.165, 1.54) is 5.69 Å². The number of aryl methyl sites for hydroxylation is 1. The summed E-state index contributed by atoms with van der Waals surface area (Å²) in [6, 6.07) is 16.7. The minimum atomic E-state index is -0.396. The van der Waals surface area contributed by atoms with Crippen molar-refractivity contribution in [1.82, 2.24) is 35.7 Å². The van der Waals surface area contributed by atoms with Gasteiger partial charge in [-0.3, -0.25) is 4.79 Å². The van der Waals surface area contributed by atoms with E-state index in [2.05, 4.69) is 77.0 Å². The lowest BCUT2D eigenvalue weighted by atomic mass is 9.96. The third-order valence-electron chi connectivity index (χ3n) is 7.73. The topological polar surface area (TPSA) is 125 Å². The lowest BCUT2D eigenvalue weighted by Gasteiger charge is -2.29. The van der Waals surface area contributed by atoms with Gasteiger partial charge in [0.05, 0.1) is 11.7 Å². The fraction of sp³-hybridized carbons (Fsp3) is 0.344. The molecule has 2 aromatic carbocycles. The molecular formula is C32H36N8O2. The van der Waals surface area contributed by atoms with Gasteiger partial charge in [-0.15, -0.1) is 0 Å². The predicted octanol–water partition coefficient (Wildman–Crippen LogP) is 5.18. The number of hydrogen-bond donors (Lipinski definition) is 3. The number of benzene rings is 2. The zero-order valence-electron chi connectivity index (χ0n) is 24.7. The summed E-state index contributed by atoms with van der Waals surface area (Å²) in [5, 5.41) is 11.3. The van der Waals surface area contributed by atoms with Crippen LogP contribution in [0.5, 0.6) is 0 Å². The van der Waals surface area contributed by atoms with E-state index in [-0.39, 0.29) is 17.3 Å². The number of nitrogens with one attached hydrogen (secondary N) is 3. The van der Waals surface area contributed by atoms with Crippen molar-refractivity contribution in [2.75, 3.05) is 31.1 Å². The van der Waals surface area contributed by atoms with Crippen LogP contribution in [0.3, 0.4) is 0 Å². The number of piperazine rings is 1. The Kier molecular flexibility index (Phi) is 7.24. The van der Waals surface area contributed by atoms with Crippen LogP contribution in [0.1, 0.15) is 61.4 Å². The molecular weight excluding hydrogens is 528 g/mol. The third-order valence-corrected chi connectivity index (χ3v) is 7.73. The molecule has 5 aromatic rings. The summed E-state index contributed by atoms with van der Waals surface area (Å²) in [4.78, 5) is 32.1. The number of aromatic amines is 1. The van der Waals surface area contributed by atoms with Crippen molar-refractivity contribution in [2.24, 2.45) is 0 Å². The largest absolute Gasteiger partial charge is 0.369 e. The Labute approximate surface area is 245 Å². The molecule has 0 aliphatic carbocycles. The van der Waals surface area contributed by atoms with Crippen molar-refractivity contribution < 1.29 is 9.32 Å². The maximum absolute atomic E-state index is 12.8. The zero-order valence-corrected chi connectivity index (χ0v) is 24.7. The van der Waals surface area contributed by atoms with Crippen LogP contribution < -0.4 is 15.5 Å². The first kappa shape index (κ1) is 27.6. The van der Waals surface area contributed by atoms with Crippen molar-refractivity contribution in [1.29, 1.82) is 0 Å². The van der Waals surface area contributed by atoms with Crippen molar-refractivity contribution in [3.63, 3.8) is 0 Å². The number of aromatic nitrogens is 5. The van der Waals surface area contributed by atoms with Gasteiger partial charge in [0.25, 0.3) is 0 Å². The van der Waals surface area contributed by atoms with Gasteiger partial charge in [-0.05, 0) is 54.8 Å². The Hall–Kier alpha value is -4.57. The van der Waals surface area contributed by atoms with Crippen LogP contribution in [-0.4, -0.2) is 57.2 Å². The number of hydrogen-bond acceptors (Lipinski definition) is 8. The van der Waals surface area contributed by atoms with E-state index < -0.39 is 5.91 Å². The molecule has 0 saturated carbocycles. The van der Waals surface area contributed by atoms with Gasteiger partial charge in [-0.2, -0.15) is 4.98 Å². The van der Waals surface area contributed by atoms with Crippen LogP contribution in [0, 0.1) is 6.92 Å². The molecule has 216 valence electrons. The predicted molar refractivity (Wildman–Crippen MR) is 163 cm³/mol. The molecule has 42 heavy (non-hydrogen) atoms. The second-order valence-corrected chi connectivity index (χ2v) is 11.9. The van der Waals surface area contributed by atoms with E-state index >= 15 is 0 Å². The van der Waals surface area contributed by atoms with Gasteiger partial charge < -0.3 is 25.0 Å². The van der Waals surface area contributed by atoms with Crippen LogP contribution in [0.25, 0.3) is 33.5 Å². The third kappa shape index (κ3) is 5.49. The van der Waals surface area contributed by atoms with E-state index in [0.29, 0.717) is 5.82 Å². The average Bonchev–Trinajstić information content (AvgIpc) is 3.66. The summed E-state index contributed by atoms with van der Waals surface area (Å²) in [7, 11) is 0. The average molecular weight is 565 g/mol. The monoisotopic (exact) mass is 564 g/mol. The highest BCUT2D eigenvalue weighted by Crippen LogP contribution is 2.32. The first-order valence-electron chi connectivity index (χ1n) is 14.3. The number of nitrogens with zero attached hydrogens (tertiary/aromatic N) is 5. The van der Waals surface area contributed by atoms with Crippen LogP contribution in [0.4, 0.5) is 5.69 Å². The standard InChI is InChI=1S/C32H36N8O2/c1-19-16-22(8-11-24(19)20(2)36-29(41)30-38-31(39-42-30)32(3,4)5)27-25-17-26(37-28(25)35-18-34-27)21-6-9-23(10-7-21)40-14-12-33-13-15-40/h6-11,16-18,20,33H,12-15H2,1-5H3,(H,36,41)(H,34,35,37)/t20-/m1/s1. The number of carbonyl (C=O) groups excluding carboxylic acids is 1. The number of fused-ring (bicyclic) bond motifs is 1. The molecule has 3 N–H and O–H groups in total. The minimum Gasteiger partial charge on any atom is -0.369 e. The maximum Gasteiger partial charge on any atom is 0.315 e. The molecule has 0 spiro atoms. The molecule has 1 saturated heterocycles. The lowest BCUT2D eigenvalue weighted by Crippen LogP contribution is -2.43. The lowest BCUT2D eigenvalue weighted by molar-refractivity contribution is 0.0895. The Morgan fingerprint density at radius 3 is 2.45 bits per heavy atom. The molecule has 0 unspecified atom stereocenters. The summed E-state index contributed by atoms with van der Waals surface area (Å²) in [6.45, 7) is 13.9. The summed E-state index contributed by atoms with van der Waals surface area (Å²) in [6.07, 6.45) is 1.59. The number of anilines is 1. The highest BCUT2D eigenvalue weighted by molar-refractivity contribution is 5.94. The van der Waals surface area contributed by atoms with Crippen molar-refractivity contribution in [3.05, 3.63) is 77.7 Å². The van der Waals surface area contributed by atoms with Crippen LogP contribution >= 0.6 is 0 Å². The Morgan fingerprint density at radius 1 is 1.02 bits per heavy atom. The fourth-order valence-electron chi connectivity index (χ4n) is 5.37. The molecule has 1 atom stereocenters. The SMILES string of the molecule is Cc1cc(-c2ncnc3[nH]c(-c4ccc(N5CCNCC5)cc4)cc23)ccc1[C@@H](C)NC(=O)c1nc(C(C)(C)C)no1. The molecule has 4 heterocycles. The number of carbonyl (C=O) groups is 1. The molecule has 1 amide bonds. The number of H-pyrrole nitrogens is 1. The normalized spacial score (nSPS) is 14.7. The van der Waals surface area contributed by atoms with Gasteiger partial charge in [0.15, 0.2) is 5.82 Å². The van der Waals surface area contributed by atoms with E-state index in [0.717, 1.165) is 70.9 Å². The van der Waals surface area contributed by atoms with Gasteiger partial charge in [-0.25, -0.2) is 9.97 Å². The smallest absolute Gasteiger partial charge is 0.315 e. The molecule has 0 bridgehead atoms. The summed E-state index contributed by atoms with van der Waals surface area (Å²) in [5.74, 6) is 0.0654. The van der Waals surface area contributed by atoms with Crippen molar-refractivity contribution in [3.8, 4) is 22.5 Å². The fourth-order valence-corrected chi connectivity index (χ4v) is 5.37. The summed E-state index contributed by atoms with van der Waals surface area (Å²) in [5.41, 5.74) is 7.69. The van der Waals surface area contributed by atoms with Gasteiger partial charge in [-0.1, -0.05) is 50.2 Å².